The molecule has 0 aliphatic heterocycles. The Morgan fingerprint density at radius 3 is 2.52 bits per heavy atom. The van der Waals surface area contributed by atoms with Crippen molar-refractivity contribution in [3.63, 3.8) is 0 Å². The molecule has 2 rings (SSSR count). The van der Waals surface area contributed by atoms with Gasteiger partial charge in [0.2, 0.25) is 10.0 Å². The van der Waals surface area contributed by atoms with Gasteiger partial charge in [-0.05, 0) is 30.3 Å². The number of nitrogens with one attached hydrogen (secondary N) is 1. The molecule has 7 heteroatoms. The largest absolute Gasteiger partial charge is 0.243 e. The highest BCUT2D eigenvalue weighted by Gasteiger charge is 2.18. The molecule has 0 heterocycles. The molecular formula is C14H13BrFNO2S2. The molecule has 0 unspecified atom stereocenters. The standard InChI is InChI=1S/C14H13BrFNO2S2/c15-11-6-7-14(13(16)10-11)21(18,19)17-8-9-20-12-4-2-1-3-5-12/h1-7,10,17H,8-9H2. The van der Waals surface area contributed by atoms with E-state index in [1.54, 1.807) is 0 Å². The second-order valence-corrected chi connectivity index (χ2v) is 7.95. The van der Waals surface area contributed by atoms with Crippen molar-refractivity contribution >= 4 is 37.7 Å². The van der Waals surface area contributed by atoms with E-state index in [0.717, 1.165) is 11.0 Å². The SMILES string of the molecule is O=S(=O)(NCCSc1ccccc1)c1ccc(Br)cc1F. The first-order valence-electron chi connectivity index (χ1n) is 6.11. The fraction of sp³-hybridized carbons (Fsp3) is 0.143. The first-order chi connectivity index (χ1) is 9.99. The van der Waals surface area contributed by atoms with Gasteiger partial charge < -0.3 is 0 Å². The van der Waals surface area contributed by atoms with Crippen LogP contribution in [0.2, 0.25) is 0 Å². The molecule has 2 aromatic rings. The maximum absolute atomic E-state index is 13.7. The Balaban J connectivity index is 1.92. The summed E-state index contributed by atoms with van der Waals surface area (Å²) in [6.07, 6.45) is 0. The molecule has 0 spiro atoms. The topological polar surface area (TPSA) is 46.2 Å². The fourth-order valence-corrected chi connectivity index (χ4v) is 3.97. The molecule has 0 aromatic heterocycles. The second kappa shape index (κ2) is 7.40. The lowest BCUT2D eigenvalue weighted by Gasteiger charge is -2.08. The zero-order valence-electron chi connectivity index (χ0n) is 10.9. The number of sulfonamides is 1. The van der Waals surface area contributed by atoms with E-state index >= 15 is 0 Å². The predicted octanol–water partition coefficient (Wildman–Crippen LogP) is 3.66. The van der Waals surface area contributed by atoms with Crippen LogP contribution in [0.15, 0.2) is 62.8 Å². The van der Waals surface area contributed by atoms with Crippen LogP contribution in [0.1, 0.15) is 0 Å². The molecule has 1 N–H and O–H groups in total. The van der Waals surface area contributed by atoms with Crippen LogP contribution < -0.4 is 4.72 Å². The van der Waals surface area contributed by atoms with E-state index < -0.39 is 15.8 Å². The molecule has 0 aliphatic rings. The van der Waals surface area contributed by atoms with Crippen LogP contribution in [0, 0.1) is 5.82 Å². The Morgan fingerprint density at radius 2 is 1.86 bits per heavy atom. The van der Waals surface area contributed by atoms with Gasteiger partial charge in [0.05, 0.1) is 0 Å². The molecule has 3 nitrogen and oxygen atoms in total. The minimum absolute atomic E-state index is 0.234. The fourth-order valence-electron chi connectivity index (χ4n) is 1.63. The highest BCUT2D eigenvalue weighted by Crippen LogP contribution is 2.20. The number of hydrogen-bond acceptors (Lipinski definition) is 3. The first kappa shape index (κ1) is 16.5. The zero-order valence-corrected chi connectivity index (χ0v) is 14.1. The van der Waals surface area contributed by atoms with Crippen molar-refractivity contribution in [2.24, 2.45) is 0 Å². The average Bonchev–Trinajstić information content (AvgIpc) is 2.44. The zero-order chi connectivity index (χ0) is 15.3. The quantitative estimate of drug-likeness (QED) is 0.605. The number of thioether (sulfide) groups is 1. The minimum Gasteiger partial charge on any atom is -0.210 e. The molecule has 0 bridgehead atoms. The molecule has 2 aromatic carbocycles. The van der Waals surface area contributed by atoms with Crippen LogP contribution in [-0.2, 0) is 10.0 Å². The molecule has 0 amide bonds. The highest BCUT2D eigenvalue weighted by molar-refractivity contribution is 9.10. The van der Waals surface area contributed by atoms with Crippen LogP contribution in [0.5, 0.6) is 0 Å². The summed E-state index contributed by atoms with van der Waals surface area (Å²) in [4.78, 5) is 0.724. The molecule has 0 fully saturated rings. The van der Waals surface area contributed by atoms with Gasteiger partial charge in [-0.25, -0.2) is 17.5 Å². The van der Waals surface area contributed by atoms with Crippen molar-refractivity contribution in [2.45, 2.75) is 9.79 Å². The first-order valence-corrected chi connectivity index (χ1v) is 9.38. The summed E-state index contributed by atoms with van der Waals surface area (Å²) in [5.41, 5.74) is 0. The van der Waals surface area contributed by atoms with Gasteiger partial charge in [-0.15, -0.1) is 11.8 Å². The van der Waals surface area contributed by atoms with E-state index in [-0.39, 0.29) is 11.4 Å². The Hall–Kier alpha value is -0.890. The molecule has 0 atom stereocenters. The molecule has 0 saturated carbocycles. The third kappa shape index (κ3) is 4.81. The van der Waals surface area contributed by atoms with Crippen molar-refractivity contribution in [3.8, 4) is 0 Å². The predicted molar refractivity (Wildman–Crippen MR) is 86.5 cm³/mol. The maximum atomic E-state index is 13.7. The minimum atomic E-state index is -3.82. The summed E-state index contributed by atoms with van der Waals surface area (Å²) in [5.74, 6) is -0.200. The van der Waals surface area contributed by atoms with Crippen molar-refractivity contribution in [3.05, 3.63) is 58.8 Å². The van der Waals surface area contributed by atoms with Crippen molar-refractivity contribution in [1.82, 2.24) is 4.72 Å². The molecule has 21 heavy (non-hydrogen) atoms. The van der Waals surface area contributed by atoms with Gasteiger partial charge in [0.15, 0.2) is 0 Å². The van der Waals surface area contributed by atoms with Crippen molar-refractivity contribution < 1.29 is 12.8 Å². The summed E-state index contributed by atoms with van der Waals surface area (Å²) in [5, 5.41) is 0. The van der Waals surface area contributed by atoms with Gasteiger partial charge in [0.25, 0.3) is 0 Å². The van der Waals surface area contributed by atoms with Crippen LogP contribution in [0.25, 0.3) is 0 Å². The number of halogens is 2. The average molecular weight is 390 g/mol. The van der Waals surface area contributed by atoms with Crippen LogP contribution in [0.3, 0.4) is 0 Å². The van der Waals surface area contributed by atoms with Crippen LogP contribution in [-0.4, -0.2) is 20.7 Å². The highest BCUT2D eigenvalue weighted by atomic mass is 79.9. The number of hydrogen-bond donors (Lipinski definition) is 1. The molecule has 0 radical (unpaired) electrons. The van der Waals surface area contributed by atoms with Crippen molar-refractivity contribution in [2.75, 3.05) is 12.3 Å². The smallest absolute Gasteiger partial charge is 0.210 e. The van der Waals surface area contributed by atoms with Gasteiger partial charge in [0, 0.05) is 21.7 Å². The Morgan fingerprint density at radius 1 is 1.14 bits per heavy atom. The third-order valence-corrected chi connectivity index (χ3v) is 5.59. The van der Waals surface area contributed by atoms with E-state index in [1.165, 1.54) is 23.9 Å². The Labute approximate surface area is 136 Å². The Bertz CT molecular complexity index is 708. The molecule has 0 saturated heterocycles. The lowest BCUT2D eigenvalue weighted by Crippen LogP contribution is -2.26. The molecular weight excluding hydrogens is 377 g/mol. The third-order valence-electron chi connectivity index (χ3n) is 2.59. The van der Waals surface area contributed by atoms with E-state index in [2.05, 4.69) is 20.7 Å². The lowest BCUT2D eigenvalue weighted by atomic mass is 10.3. The number of benzene rings is 2. The normalized spacial score (nSPS) is 11.5. The van der Waals surface area contributed by atoms with E-state index in [4.69, 9.17) is 0 Å². The van der Waals surface area contributed by atoms with Gasteiger partial charge in [-0.1, -0.05) is 34.1 Å². The Kier molecular flexibility index (Phi) is 5.80. The van der Waals surface area contributed by atoms with E-state index in [1.807, 2.05) is 30.3 Å². The van der Waals surface area contributed by atoms with Crippen molar-refractivity contribution in [1.29, 1.82) is 0 Å². The van der Waals surface area contributed by atoms with Crippen LogP contribution in [0.4, 0.5) is 4.39 Å². The maximum Gasteiger partial charge on any atom is 0.243 e. The van der Waals surface area contributed by atoms with Crippen LogP contribution >= 0.6 is 27.7 Å². The molecule has 0 aliphatic carbocycles. The summed E-state index contributed by atoms with van der Waals surface area (Å²) < 4.78 is 40.6. The summed E-state index contributed by atoms with van der Waals surface area (Å²) in [6.45, 7) is 0.234. The van der Waals surface area contributed by atoms with Gasteiger partial charge in [-0.2, -0.15) is 0 Å². The number of rotatable bonds is 6. The monoisotopic (exact) mass is 389 g/mol. The van der Waals surface area contributed by atoms with Gasteiger partial charge in [0.1, 0.15) is 10.7 Å². The van der Waals surface area contributed by atoms with E-state index in [9.17, 15) is 12.8 Å². The molecule has 112 valence electrons. The summed E-state index contributed by atoms with van der Waals surface area (Å²) in [6, 6.07) is 13.5. The van der Waals surface area contributed by atoms with E-state index in [0.29, 0.717) is 10.2 Å². The lowest BCUT2D eigenvalue weighted by molar-refractivity contribution is 0.558. The van der Waals surface area contributed by atoms with Gasteiger partial charge >= 0.3 is 0 Å². The summed E-state index contributed by atoms with van der Waals surface area (Å²) >= 11 is 4.63. The summed E-state index contributed by atoms with van der Waals surface area (Å²) in [7, 11) is -3.82. The second-order valence-electron chi connectivity index (χ2n) is 4.13. The van der Waals surface area contributed by atoms with Gasteiger partial charge in [-0.3, -0.25) is 0 Å².